The lowest BCUT2D eigenvalue weighted by molar-refractivity contribution is 0.0689. The van der Waals surface area contributed by atoms with Crippen LogP contribution in [0.1, 0.15) is 18.5 Å². The van der Waals surface area contributed by atoms with E-state index in [-0.39, 0.29) is 11.4 Å². The van der Waals surface area contributed by atoms with Gasteiger partial charge in [-0.15, -0.1) is 0 Å². The first-order valence-electron chi connectivity index (χ1n) is 6.81. The topological polar surface area (TPSA) is 104 Å². The molecule has 0 saturated heterocycles. The first-order chi connectivity index (χ1) is 10.1. The smallest absolute Gasteiger partial charge is 0.242 e. The summed E-state index contributed by atoms with van der Waals surface area (Å²) in [4.78, 5) is 4.12. The summed E-state index contributed by atoms with van der Waals surface area (Å²) >= 11 is 0. The van der Waals surface area contributed by atoms with Crippen LogP contribution in [0.25, 0.3) is 0 Å². The van der Waals surface area contributed by atoms with Crippen LogP contribution >= 0.6 is 0 Å². The minimum absolute atomic E-state index is 0.149. The highest BCUT2D eigenvalue weighted by atomic mass is 32.2. The molecule has 0 bridgehead atoms. The number of nitrogens with two attached hydrogens (primary N) is 1. The molecule has 0 fully saturated rings. The predicted octanol–water partition coefficient (Wildman–Crippen LogP) is 0.262. The summed E-state index contributed by atoms with van der Waals surface area (Å²) in [5, 5.41) is 0. The standard InChI is InChI=1S/C13H23N3O4S/c1-19-8-9-20-7-3-2-6-16-21(17,18)13-5-4-12(10-14)15-11-13/h4-5,11,16H,2-3,6-10,14H2,1H3. The summed E-state index contributed by atoms with van der Waals surface area (Å²) in [6.07, 6.45) is 2.81. The third-order valence-electron chi connectivity index (χ3n) is 2.76. The van der Waals surface area contributed by atoms with E-state index in [0.29, 0.717) is 38.5 Å². The first-order valence-corrected chi connectivity index (χ1v) is 8.30. The van der Waals surface area contributed by atoms with Crippen molar-refractivity contribution < 1.29 is 17.9 Å². The fourth-order valence-electron chi connectivity index (χ4n) is 1.55. The number of ether oxygens (including phenoxy) is 2. The molecule has 1 rings (SSSR count). The van der Waals surface area contributed by atoms with Crippen molar-refractivity contribution in [2.75, 3.05) is 33.5 Å². The van der Waals surface area contributed by atoms with Crippen LogP contribution in [0.2, 0.25) is 0 Å². The molecule has 7 nitrogen and oxygen atoms in total. The average molecular weight is 317 g/mol. The number of nitrogens with one attached hydrogen (secondary N) is 1. The first kappa shape index (κ1) is 18.0. The normalized spacial score (nSPS) is 11.7. The van der Waals surface area contributed by atoms with Crippen molar-refractivity contribution in [3.05, 3.63) is 24.0 Å². The number of nitrogens with zero attached hydrogens (tertiary/aromatic N) is 1. The summed E-state index contributed by atoms with van der Waals surface area (Å²) in [7, 11) is -1.88. The molecule has 3 N–H and O–H groups in total. The van der Waals surface area contributed by atoms with E-state index in [1.165, 1.54) is 12.3 Å². The molecule has 0 radical (unpaired) electrons. The molecule has 0 amide bonds. The Hall–Kier alpha value is -1.06. The van der Waals surface area contributed by atoms with E-state index < -0.39 is 10.0 Å². The Kier molecular flexibility index (Phi) is 8.40. The summed E-state index contributed by atoms with van der Waals surface area (Å²) in [5.74, 6) is 0. The van der Waals surface area contributed by atoms with Gasteiger partial charge in [0.2, 0.25) is 10.0 Å². The fraction of sp³-hybridized carbons (Fsp3) is 0.615. The van der Waals surface area contributed by atoms with Crippen LogP contribution in [0.3, 0.4) is 0 Å². The second-order valence-electron chi connectivity index (χ2n) is 4.40. The van der Waals surface area contributed by atoms with Gasteiger partial charge in [-0.05, 0) is 25.0 Å². The zero-order valence-corrected chi connectivity index (χ0v) is 13.1. The molecule has 0 aromatic carbocycles. The van der Waals surface area contributed by atoms with Gasteiger partial charge in [0.05, 0.1) is 18.9 Å². The maximum atomic E-state index is 12.0. The SMILES string of the molecule is COCCOCCCCNS(=O)(=O)c1ccc(CN)nc1. The number of aromatic nitrogens is 1. The van der Waals surface area contributed by atoms with Crippen molar-refractivity contribution in [3.63, 3.8) is 0 Å². The highest BCUT2D eigenvalue weighted by molar-refractivity contribution is 7.89. The van der Waals surface area contributed by atoms with Crippen molar-refractivity contribution in [1.29, 1.82) is 0 Å². The minimum atomic E-state index is -3.50. The lowest BCUT2D eigenvalue weighted by atomic mass is 10.3. The quantitative estimate of drug-likeness (QED) is 0.568. The van der Waals surface area contributed by atoms with Gasteiger partial charge in [0.1, 0.15) is 4.90 Å². The van der Waals surface area contributed by atoms with Crippen LogP contribution in [-0.2, 0) is 26.0 Å². The Bertz CT molecular complexity index is 491. The van der Waals surface area contributed by atoms with Crippen molar-refractivity contribution in [2.45, 2.75) is 24.3 Å². The Morgan fingerprint density at radius 2 is 2.05 bits per heavy atom. The molecule has 0 aliphatic rings. The number of rotatable bonds is 11. The third-order valence-corrected chi connectivity index (χ3v) is 4.20. The zero-order chi connectivity index (χ0) is 15.6. The van der Waals surface area contributed by atoms with Gasteiger partial charge in [-0.25, -0.2) is 13.1 Å². The van der Waals surface area contributed by atoms with Crippen LogP contribution in [0.15, 0.2) is 23.2 Å². The van der Waals surface area contributed by atoms with Gasteiger partial charge in [0, 0.05) is 33.0 Å². The molecule has 0 aliphatic carbocycles. The molecule has 1 aromatic rings. The van der Waals surface area contributed by atoms with E-state index >= 15 is 0 Å². The van der Waals surface area contributed by atoms with E-state index in [1.807, 2.05) is 0 Å². The highest BCUT2D eigenvalue weighted by Gasteiger charge is 2.13. The van der Waals surface area contributed by atoms with Gasteiger partial charge in [-0.3, -0.25) is 4.98 Å². The Morgan fingerprint density at radius 3 is 2.67 bits per heavy atom. The van der Waals surface area contributed by atoms with Crippen LogP contribution in [0.4, 0.5) is 0 Å². The number of hydrogen-bond donors (Lipinski definition) is 2. The second kappa shape index (κ2) is 9.80. The molecule has 0 atom stereocenters. The number of methoxy groups -OCH3 is 1. The average Bonchev–Trinajstić information content (AvgIpc) is 2.50. The number of hydrogen-bond acceptors (Lipinski definition) is 6. The monoisotopic (exact) mass is 317 g/mol. The van der Waals surface area contributed by atoms with Crippen LogP contribution in [0.5, 0.6) is 0 Å². The molecule has 0 saturated carbocycles. The molecule has 8 heteroatoms. The van der Waals surface area contributed by atoms with Crippen LogP contribution in [-0.4, -0.2) is 46.9 Å². The van der Waals surface area contributed by atoms with Crippen molar-refractivity contribution >= 4 is 10.0 Å². The maximum absolute atomic E-state index is 12.0. The summed E-state index contributed by atoms with van der Waals surface area (Å²) in [6.45, 7) is 2.38. The number of sulfonamides is 1. The molecule has 0 spiro atoms. The molecular weight excluding hydrogens is 294 g/mol. The molecule has 120 valence electrons. The Balaban J connectivity index is 2.26. The van der Waals surface area contributed by atoms with Gasteiger partial charge >= 0.3 is 0 Å². The summed E-state index contributed by atoms with van der Waals surface area (Å²) < 4.78 is 36.6. The Morgan fingerprint density at radius 1 is 1.24 bits per heavy atom. The fourth-order valence-corrected chi connectivity index (χ4v) is 2.57. The molecule has 0 aliphatic heterocycles. The van der Waals surface area contributed by atoms with Gasteiger partial charge in [0.25, 0.3) is 0 Å². The number of unbranched alkanes of at least 4 members (excludes halogenated alkanes) is 1. The van der Waals surface area contributed by atoms with E-state index in [9.17, 15) is 8.42 Å². The van der Waals surface area contributed by atoms with Crippen LogP contribution in [0, 0.1) is 0 Å². The van der Waals surface area contributed by atoms with Gasteiger partial charge in [0.15, 0.2) is 0 Å². The predicted molar refractivity (Wildman–Crippen MR) is 79.2 cm³/mol. The molecular formula is C13H23N3O4S. The van der Waals surface area contributed by atoms with Gasteiger partial charge in [-0.1, -0.05) is 0 Å². The van der Waals surface area contributed by atoms with Crippen molar-refractivity contribution in [3.8, 4) is 0 Å². The largest absolute Gasteiger partial charge is 0.382 e. The zero-order valence-electron chi connectivity index (χ0n) is 12.2. The van der Waals surface area contributed by atoms with Crippen LogP contribution < -0.4 is 10.5 Å². The molecule has 1 heterocycles. The molecule has 0 unspecified atom stereocenters. The number of pyridine rings is 1. The second-order valence-corrected chi connectivity index (χ2v) is 6.17. The van der Waals surface area contributed by atoms with E-state index in [2.05, 4.69) is 9.71 Å². The summed E-state index contributed by atoms with van der Waals surface area (Å²) in [6, 6.07) is 3.11. The van der Waals surface area contributed by atoms with E-state index in [1.54, 1.807) is 13.2 Å². The lowest BCUT2D eigenvalue weighted by Gasteiger charge is -2.07. The maximum Gasteiger partial charge on any atom is 0.242 e. The van der Waals surface area contributed by atoms with Gasteiger partial charge in [-0.2, -0.15) is 0 Å². The Labute approximate surface area is 125 Å². The molecule has 1 aromatic heterocycles. The van der Waals surface area contributed by atoms with Gasteiger partial charge < -0.3 is 15.2 Å². The lowest BCUT2D eigenvalue weighted by Crippen LogP contribution is -2.25. The molecule has 21 heavy (non-hydrogen) atoms. The third kappa shape index (κ3) is 6.96. The summed E-state index contributed by atoms with van der Waals surface area (Å²) in [5.41, 5.74) is 6.07. The van der Waals surface area contributed by atoms with Crippen molar-refractivity contribution in [2.24, 2.45) is 5.73 Å². The van der Waals surface area contributed by atoms with E-state index in [0.717, 1.165) is 6.42 Å². The minimum Gasteiger partial charge on any atom is -0.382 e. The van der Waals surface area contributed by atoms with E-state index in [4.69, 9.17) is 15.2 Å². The highest BCUT2D eigenvalue weighted by Crippen LogP contribution is 2.07. The van der Waals surface area contributed by atoms with Crippen molar-refractivity contribution in [1.82, 2.24) is 9.71 Å².